The molecule has 0 spiro atoms. The van der Waals surface area contributed by atoms with Crippen molar-refractivity contribution < 1.29 is 32.2 Å². The summed E-state index contributed by atoms with van der Waals surface area (Å²) in [5.41, 5.74) is 0.572. The van der Waals surface area contributed by atoms with Crippen LogP contribution in [0.25, 0.3) is 6.08 Å². The van der Waals surface area contributed by atoms with E-state index in [9.17, 15) is 18.0 Å². The number of rotatable bonds is 6. The Morgan fingerprint density at radius 2 is 1.86 bits per heavy atom. The number of hydrogen-bond acceptors (Lipinski definition) is 10. The third-order valence-electron chi connectivity index (χ3n) is 5.38. The maximum atomic E-state index is 12.7. The number of amidine groups is 3. The van der Waals surface area contributed by atoms with Gasteiger partial charge in [0.15, 0.2) is 11.5 Å². The van der Waals surface area contributed by atoms with Crippen LogP contribution in [0.15, 0.2) is 57.4 Å². The molecule has 0 bridgehead atoms. The van der Waals surface area contributed by atoms with Crippen molar-refractivity contribution in [1.29, 1.82) is 5.41 Å². The first kappa shape index (κ1) is 26.1. The third kappa shape index (κ3) is 5.00. The summed E-state index contributed by atoms with van der Waals surface area (Å²) in [7, 11) is -0.952. The predicted octanol–water partition coefficient (Wildman–Crippen LogP) is 3.32. The summed E-state index contributed by atoms with van der Waals surface area (Å²) in [6.07, 6.45) is 1.38. The largest absolute Gasteiger partial charge is 0.497 e. The van der Waals surface area contributed by atoms with Gasteiger partial charge >= 0.3 is 5.97 Å². The average Bonchev–Trinajstić information content (AvgIpc) is 3.31. The molecule has 4 rings (SSSR count). The lowest BCUT2D eigenvalue weighted by Crippen LogP contribution is -2.46. The Hall–Kier alpha value is -3.97. The maximum Gasteiger partial charge on any atom is 0.343 e. The Morgan fingerprint density at radius 3 is 2.54 bits per heavy atom. The molecule has 192 valence electrons. The van der Waals surface area contributed by atoms with Crippen molar-refractivity contribution in [3.05, 3.63) is 59.2 Å². The molecular weight excluding hydrogens is 520 g/mol. The van der Waals surface area contributed by atoms with Gasteiger partial charge in [-0.1, -0.05) is 12.1 Å². The highest BCUT2D eigenvalue weighted by Crippen LogP contribution is 2.33. The molecule has 2 aromatic rings. The number of benzene rings is 2. The first-order valence-corrected chi connectivity index (χ1v) is 13.2. The van der Waals surface area contributed by atoms with Crippen molar-refractivity contribution in [2.75, 3.05) is 14.2 Å². The molecule has 1 N–H and O–H groups in total. The molecule has 2 aliphatic heterocycles. The summed E-state index contributed by atoms with van der Waals surface area (Å²) in [4.78, 5) is 30.2. The molecule has 0 radical (unpaired) electrons. The minimum Gasteiger partial charge on any atom is -0.497 e. The van der Waals surface area contributed by atoms with Crippen molar-refractivity contribution >= 4 is 55.9 Å². The molecule has 0 aromatic heterocycles. The number of esters is 1. The fourth-order valence-electron chi connectivity index (χ4n) is 3.33. The van der Waals surface area contributed by atoms with Crippen molar-refractivity contribution in [2.24, 2.45) is 9.39 Å². The Labute approximate surface area is 217 Å². The van der Waals surface area contributed by atoms with Crippen molar-refractivity contribution in [3.63, 3.8) is 0 Å². The van der Waals surface area contributed by atoms with Crippen LogP contribution in [0.3, 0.4) is 0 Å². The van der Waals surface area contributed by atoms with E-state index in [-0.39, 0.29) is 38.8 Å². The highest BCUT2D eigenvalue weighted by Gasteiger charge is 2.43. The van der Waals surface area contributed by atoms with Crippen LogP contribution in [0.2, 0.25) is 0 Å². The zero-order chi connectivity index (χ0) is 26.9. The Morgan fingerprint density at radius 1 is 1.11 bits per heavy atom. The Kier molecular flexibility index (Phi) is 7.18. The van der Waals surface area contributed by atoms with Crippen molar-refractivity contribution in [1.82, 2.24) is 4.90 Å². The lowest BCUT2D eigenvalue weighted by molar-refractivity contribution is -0.114. The van der Waals surface area contributed by atoms with Crippen LogP contribution in [-0.4, -0.2) is 60.8 Å². The molecule has 37 heavy (non-hydrogen) atoms. The number of nitrogens with one attached hydrogen (secondary N) is 1. The number of amides is 1. The van der Waals surface area contributed by atoms with Crippen LogP contribution in [0, 0.1) is 5.41 Å². The van der Waals surface area contributed by atoms with E-state index in [1.165, 1.54) is 52.3 Å². The van der Waals surface area contributed by atoms with Crippen LogP contribution in [0.1, 0.15) is 29.8 Å². The minimum absolute atomic E-state index is 0.00348. The number of nitrogens with zero attached hydrogens (tertiary/aromatic N) is 3. The topological polar surface area (TPSA) is 148 Å². The number of carbonyl (C=O) groups excluding carboxylic acids is 2. The first-order chi connectivity index (χ1) is 17.6. The standard InChI is InChI=1S/C24H22N4O7S2/c1-13(2)37(31,32)24-27-36-23-26-21(29)17(20(25)28(23)24)10-14-8-9-18(19(11-14)34-4)35-22(30)15-6-5-7-16(12-15)33-3/h5-13,25H,1-4H3/b17-10-,25-20?. The number of ether oxygens (including phenoxy) is 3. The van der Waals surface area contributed by atoms with Crippen molar-refractivity contribution in [2.45, 2.75) is 19.1 Å². The minimum atomic E-state index is -3.83. The molecule has 0 saturated carbocycles. The van der Waals surface area contributed by atoms with Gasteiger partial charge in [0, 0.05) is 0 Å². The molecule has 11 nitrogen and oxygen atoms in total. The molecule has 0 unspecified atom stereocenters. The number of sulfone groups is 1. The summed E-state index contributed by atoms with van der Waals surface area (Å²) in [5, 5.41) is 7.44. The van der Waals surface area contributed by atoms with Gasteiger partial charge in [0.05, 0.1) is 42.6 Å². The van der Waals surface area contributed by atoms with Gasteiger partial charge in [-0.15, -0.1) is 0 Å². The van der Waals surface area contributed by atoms with E-state index in [2.05, 4.69) is 9.39 Å². The van der Waals surface area contributed by atoms with Crippen LogP contribution in [0.4, 0.5) is 0 Å². The van der Waals surface area contributed by atoms with Gasteiger partial charge < -0.3 is 14.2 Å². The van der Waals surface area contributed by atoms with Crippen LogP contribution < -0.4 is 14.2 Å². The van der Waals surface area contributed by atoms with Crippen LogP contribution in [0.5, 0.6) is 17.2 Å². The van der Waals surface area contributed by atoms with Gasteiger partial charge in [0.25, 0.3) is 5.91 Å². The van der Waals surface area contributed by atoms with E-state index in [1.54, 1.807) is 24.3 Å². The number of fused-ring (bicyclic) bond motifs is 1. The molecule has 2 heterocycles. The SMILES string of the molecule is COc1cccc(C(=O)Oc2ccc(/C=C3/C(=N)N4C(=NC3=O)SN=C4S(=O)(=O)C(C)C)cc2OC)c1. The van der Waals surface area contributed by atoms with Crippen LogP contribution >= 0.6 is 11.9 Å². The number of hydrogen-bond donors (Lipinski definition) is 1. The van der Waals surface area contributed by atoms with E-state index in [0.29, 0.717) is 11.3 Å². The van der Waals surface area contributed by atoms with Crippen LogP contribution in [-0.2, 0) is 14.6 Å². The fourth-order valence-corrected chi connectivity index (χ4v) is 5.39. The molecule has 1 amide bonds. The first-order valence-electron chi connectivity index (χ1n) is 10.8. The van der Waals surface area contributed by atoms with Gasteiger partial charge in [-0.3, -0.25) is 10.2 Å². The highest BCUT2D eigenvalue weighted by molar-refractivity contribution is 8.16. The summed E-state index contributed by atoms with van der Waals surface area (Å²) in [5.74, 6) is -0.869. The monoisotopic (exact) mass is 542 g/mol. The quantitative estimate of drug-likeness (QED) is 0.251. The average molecular weight is 543 g/mol. The van der Waals surface area contributed by atoms with E-state index in [1.807, 2.05) is 0 Å². The summed E-state index contributed by atoms with van der Waals surface area (Å²) in [6, 6.07) is 11.0. The Balaban J connectivity index is 1.62. The molecule has 0 saturated heterocycles. The van der Waals surface area contributed by atoms with E-state index in [0.717, 1.165) is 16.8 Å². The smallest absolute Gasteiger partial charge is 0.343 e. The lowest BCUT2D eigenvalue weighted by Gasteiger charge is -2.25. The van der Waals surface area contributed by atoms with Gasteiger partial charge in [-0.25, -0.2) is 18.1 Å². The summed E-state index contributed by atoms with van der Waals surface area (Å²) >= 11 is 0.728. The van der Waals surface area contributed by atoms with Crippen molar-refractivity contribution in [3.8, 4) is 17.2 Å². The molecule has 0 aliphatic carbocycles. The lowest BCUT2D eigenvalue weighted by atomic mass is 10.1. The third-order valence-corrected chi connectivity index (χ3v) is 8.22. The molecule has 2 aliphatic rings. The molecular formula is C24H22N4O7S2. The Bertz CT molecular complexity index is 1510. The number of aliphatic imine (C=N–C) groups is 1. The number of carbonyl (C=O) groups is 2. The predicted molar refractivity (Wildman–Crippen MR) is 140 cm³/mol. The second-order valence-corrected chi connectivity index (χ2v) is 11.2. The van der Waals surface area contributed by atoms with E-state index in [4.69, 9.17) is 19.6 Å². The van der Waals surface area contributed by atoms with E-state index >= 15 is 0 Å². The summed E-state index contributed by atoms with van der Waals surface area (Å²) < 4.78 is 45.3. The normalized spacial score (nSPS) is 16.5. The molecule has 0 fully saturated rings. The van der Waals surface area contributed by atoms with Gasteiger partial charge in [0.1, 0.15) is 11.6 Å². The molecule has 0 atom stereocenters. The molecule has 2 aromatic carbocycles. The highest BCUT2D eigenvalue weighted by atomic mass is 32.2. The second kappa shape index (κ2) is 10.2. The maximum absolute atomic E-state index is 12.7. The summed E-state index contributed by atoms with van der Waals surface area (Å²) in [6.45, 7) is 3.00. The van der Waals surface area contributed by atoms with E-state index < -0.39 is 27.0 Å². The van der Waals surface area contributed by atoms with Gasteiger partial charge in [-0.2, -0.15) is 9.39 Å². The van der Waals surface area contributed by atoms with Gasteiger partial charge in [-0.05, 0) is 55.8 Å². The second-order valence-electron chi connectivity index (χ2n) is 8.03. The zero-order valence-electron chi connectivity index (χ0n) is 20.2. The van der Waals surface area contributed by atoms with Gasteiger partial charge in [0.2, 0.25) is 20.2 Å². The number of methoxy groups -OCH3 is 2. The zero-order valence-corrected chi connectivity index (χ0v) is 21.8. The fraction of sp³-hybridized carbons (Fsp3) is 0.208. The molecule has 13 heteroatoms.